The van der Waals surface area contributed by atoms with Crippen LogP contribution >= 0.6 is 11.6 Å². The van der Waals surface area contributed by atoms with Gasteiger partial charge in [0.05, 0.1) is 6.04 Å². The van der Waals surface area contributed by atoms with Gasteiger partial charge in [-0.2, -0.15) is 0 Å². The zero-order valence-electron chi connectivity index (χ0n) is 8.17. The molecule has 3 nitrogen and oxygen atoms in total. The summed E-state index contributed by atoms with van der Waals surface area (Å²) in [4.78, 5) is 10.5. The fourth-order valence-electron chi connectivity index (χ4n) is 1.28. The van der Waals surface area contributed by atoms with Crippen molar-refractivity contribution in [2.24, 2.45) is 0 Å². The van der Waals surface area contributed by atoms with E-state index in [0.29, 0.717) is 0 Å². The highest BCUT2D eigenvalue weighted by molar-refractivity contribution is 6.62. The van der Waals surface area contributed by atoms with Gasteiger partial charge in [0.25, 0.3) is 0 Å². The number of hydrogen-bond donors (Lipinski definition) is 2. The van der Waals surface area contributed by atoms with E-state index in [9.17, 15) is 4.79 Å². The van der Waals surface area contributed by atoms with Gasteiger partial charge in [-0.25, -0.2) is 5.43 Å². The Morgan fingerprint density at radius 1 is 1.43 bits per heavy atom. The van der Waals surface area contributed by atoms with Gasteiger partial charge in [-0.05, 0) is 31.0 Å². The van der Waals surface area contributed by atoms with Crippen LogP contribution in [0.1, 0.15) is 13.8 Å². The molecule has 0 fully saturated rings. The maximum Gasteiger partial charge on any atom is 0.328 e. The molecule has 1 aliphatic rings. The number of allylic oxidation sites excluding steroid dienone is 3. The van der Waals surface area contributed by atoms with Crippen LogP contribution in [0.25, 0.3) is 0 Å². The summed E-state index contributed by atoms with van der Waals surface area (Å²) < 4.78 is 0. The average Bonchev–Trinajstić information content (AvgIpc) is 2.15. The van der Waals surface area contributed by atoms with E-state index < -0.39 is 5.37 Å². The summed E-state index contributed by atoms with van der Waals surface area (Å²) >= 11 is 5.15. The fourth-order valence-corrected chi connectivity index (χ4v) is 1.33. The minimum Gasteiger partial charge on any atom is -0.277 e. The standard InChI is InChI=1S/C10H13ClN2O/c1-7(2)8-5-3-4-6-9(8)12-13-10(11)14/h3-6,9,12H,1-2H3,(H,13,14). The number of rotatable bonds is 2. The Morgan fingerprint density at radius 2 is 2.14 bits per heavy atom. The first kappa shape index (κ1) is 11.0. The van der Waals surface area contributed by atoms with Crippen LogP contribution in [0.2, 0.25) is 0 Å². The van der Waals surface area contributed by atoms with Gasteiger partial charge in [0, 0.05) is 0 Å². The second-order valence-corrected chi connectivity index (χ2v) is 3.56. The molecule has 0 radical (unpaired) electrons. The van der Waals surface area contributed by atoms with Gasteiger partial charge in [-0.3, -0.25) is 10.2 Å². The quantitative estimate of drug-likeness (QED) is 0.419. The summed E-state index contributed by atoms with van der Waals surface area (Å²) in [6, 6.07) is -0.00676. The molecule has 1 aliphatic carbocycles. The Hall–Kier alpha value is -1.06. The van der Waals surface area contributed by atoms with E-state index in [2.05, 4.69) is 10.9 Å². The third-order valence-electron chi connectivity index (χ3n) is 1.93. The number of amides is 1. The molecule has 1 atom stereocenters. The molecule has 4 heteroatoms. The summed E-state index contributed by atoms with van der Waals surface area (Å²) in [6.07, 6.45) is 7.84. The highest BCUT2D eigenvalue weighted by Gasteiger charge is 2.12. The largest absolute Gasteiger partial charge is 0.328 e. The average molecular weight is 213 g/mol. The molecule has 0 spiro atoms. The lowest BCUT2D eigenvalue weighted by atomic mass is 9.98. The summed E-state index contributed by atoms with van der Waals surface area (Å²) in [5, 5.41) is -0.610. The van der Waals surface area contributed by atoms with Crippen molar-refractivity contribution in [3.8, 4) is 0 Å². The molecule has 0 heterocycles. The number of hydrogen-bond acceptors (Lipinski definition) is 2. The van der Waals surface area contributed by atoms with Crippen LogP contribution in [0.5, 0.6) is 0 Å². The molecule has 0 aliphatic heterocycles. The Morgan fingerprint density at radius 3 is 2.71 bits per heavy atom. The second-order valence-electron chi connectivity index (χ2n) is 3.22. The molecule has 1 rings (SSSR count). The van der Waals surface area contributed by atoms with E-state index in [1.54, 1.807) is 0 Å². The molecule has 2 N–H and O–H groups in total. The fraction of sp³-hybridized carbons (Fsp3) is 0.300. The molecule has 0 bridgehead atoms. The van der Waals surface area contributed by atoms with Crippen molar-refractivity contribution in [2.75, 3.05) is 0 Å². The van der Waals surface area contributed by atoms with Crippen LogP contribution in [-0.2, 0) is 0 Å². The molecular formula is C10H13ClN2O. The van der Waals surface area contributed by atoms with Crippen molar-refractivity contribution < 1.29 is 4.79 Å². The molecule has 0 aromatic carbocycles. The predicted octanol–water partition coefficient (Wildman–Crippen LogP) is 2.27. The Labute approximate surface area is 88.5 Å². The first-order chi connectivity index (χ1) is 6.61. The van der Waals surface area contributed by atoms with E-state index in [4.69, 9.17) is 11.6 Å². The molecular weight excluding hydrogens is 200 g/mol. The topological polar surface area (TPSA) is 41.1 Å². The van der Waals surface area contributed by atoms with E-state index in [1.807, 2.05) is 38.2 Å². The van der Waals surface area contributed by atoms with Crippen molar-refractivity contribution in [3.05, 3.63) is 35.5 Å². The van der Waals surface area contributed by atoms with Gasteiger partial charge in [0.15, 0.2) is 0 Å². The number of carbonyl (C=O) groups excluding carboxylic acids is 1. The van der Waals surface area contributed by atoms with E-state index >= 15 is 0 Å². The maximum atomic E-state index is 10.5. The molecule has 1 amide bonds. The third kappa shape index (κ3) is 3.01. The van der Waals surface area contributed by atoms with Gasteiger partial charge in [-0.1, -0.05) is 29.9 Å². The Kier molecular flexibility index (Phi) is 3.92. The number of nitrogens with one attached hydrogen (secondary N) is 2. The Bertz CT molecular complexity index is 314. The van der Waals surface area contributed by atoms with Crippen molar-refractivity contribution >= 4 is 17.0 Å². The van der Waals surface area contributed by atoms with Gasteiger partial charge < -0.3 is 0 Å². The first-order valence-electron chi connectivity index (χ1n) is 4.34. The number of hydrazine groups is 1. The minimum absolute atomic E-state index is 0.00676. The highest BCUT2D eigenvalue weighted by atomic mass is 35.5. The maximum absolute atomic E-state index is 10.5. The summed E-state index contributed by atoms with van der Waals surface area (Å²) in [6.45, 7) is 4.05. The molecule has 1 unspecified atom stereocenters. The summed E-state index contributed by atoms with van der Waals surface area (Å²) in [7, 11) is 0. The molecule has 0 aromatic rings. The molecule has 0 aromatic heterocycles. The smallest absolute Gasteiger partial charge is 0.277 e. The molecule has 0 saturated carbocycles. The third-order valence-corrected chi connectivity index (χ3v) is 2.02. The minimum atomic E-state index is -0.610. The molecule has 14 heavy (non-hydrogen) atoms. The van der Waals surface area contributed by atoms with Crippen LogP contribution < -0.4 is 10.9 Å². The van der Waals surface area contributed by atoms with Crippen molar-refractivity contribution in [2.45, 2.75) is 19.9 Å². The van der Waals surface area contributed by atoms with Gasteiger partial charge >= 0.3 is 5.37 Å². The normalized spacial score (nSPS) is 19.6. The van der Waals surface area contributed by atoms with Crippen LogP contribution in [0.3, 0.4) is 0 Å². The second kappa shape index (κ2) is 4.98. The van der Waals surface area contributed by atoms with Crippen LogP contribution in [0.15, 0.2) is 35.5 Å². The number of carbonyl (C=O) groups is 1. The van der Waals surface area contributed by atoms with Crippen molar-refractivity contribution in [3.63, 3.8) is 0 Å². The van der Waals surface area contributed by atoms with Crippen molar-refractivity contribution in [1.29, 1.82) is 0 Å². The molecule has 76 valence electrons. The summed E-state index contributed by atoms with van der Waals surface area (Å²) in [5.41, 5.74) is 7.52. The summed E-state index contributed by atoms with van der Waals surface area (Å²) in [5.74, 6) is 0. The van der Waals surface area contributed by atoms with Gasteiger partial charge in [0.2, 0.25) is 0 Å². The van der Waals surface area contributed by atoms with E-state index in [1.165, 1.54) is 5.57 Å². The molecule has 0 saturated heterocycles. The predicted molar refractivity (Wildman–Crippen MR) is 58.0 cm³/mol. The van der Waals surface area contributed by atoms with E-state index in [-0.39, 0.29) is 6.04 Å². The zero-order valence-corrected chi connectivity index (χ0v) is 8.93. The van der Waals surface area contributed by atoms with Gasteiger partial charge in [-0.15, -0.1) is 0 Å². The monoisotopic (exact) mass is 212 g/mol. The van der Waals surface area contributed by atoms with E-state index in [0.717, 1.165) is 5.57 Å². The SMILES string of the molecule is CC(C)=C1C=CC=CC1NNC(=O)Cl. The van der Waals surface area contributed by atoms with Crippen molar-refractivity contribution in [1.82, 2.24) is 10.9 Å². The van der Waals surface area contributed by atoms with Crippen LogP contribution in [-0.4, -0.2) is 11.4 Å². The van der Waals surface area contributed by atoms with Crippen LogP contribution in [0, 0.1) is 0 Å². The Balaban J connectivity index is 2.67. The van der Waals surface area contributed by atoms with Crippen LogP contribution in [0.4, 0.5) is 4.79 Å². The number of halogens is 1. The van der Waals surface area contributed by atoms with Gasteiger partial charge in [0.1, 0.15) is 0 Å². The lowest BCUT2D eigenvalue weighted by Crippen LogP contribution is -2.42. The highest BCUT2D eigenvalue weighted by Crippen LogP contribution is 2.15. The first-order valence-corrected chi connectivity index (χ1v) is 4.72. The lowest BCUT2D eigenvalue weighted by molar-refractivity contribution is 0.255. The zero-order chi connectivity index (χ0) is 10.6. The lowest BCUT2D eigenvalue weighted by Gasteiger charge is -2.19.